The van der Waals surface area contributed by atoms with E-state index in [9.17, 15) is 24.0 Å². The second-order valence-electron chi connectivity index (χ2n) is 29.1. The average Bonchev–Trinajstić information content (AvgIpc) is 3.21. The Bertz CT molecular complexity index is 1530. The molecule has 0 saturated carbocycles. The fourth-order valence-electron chi connectivity index (χ4n) is 10.4. The van der Waals surface area contributed by atoms with Crippen LogP contribution < -0.4 is 38.1 Å². The van der Waals surface area contributed by atoms with Crippen LogP contribution in [0.3, 0.4) is 0 Å². The van der Waals surface area contributed by atoms with Crippen LogP contribution in [0.4, 0.5) is 0 Å². The number of rotatable bonds is 38. The van der Waals surface area contributed by atoms with Crippen molar-refractivity contribution < 1.29 is 24.0 Å². The number of nitrogens with two attached hydrogens (primary N) is 2. The molecule has 3 amide bonds. The highest BCUT2D eigenvalue weighted by atomic mass is 16.2. The molecule has 0 saturated heterocycles. The Labute approximate surface area is 449 Å². The predicted octanol–water partition coefficient (Wildman–Crippen LogP) is 10.0. The number of unbranched alkanes of at least 4 members (excludes halogenated alkanes) is 2. The van der Waals surface area contributed by atoms with E-state index in [2.05, 4.69) is 151 Å². The molecule has 0 aromatic rings. The summed E-state index contributed by atoms with van der Waals surface area (Å²) in [4.78, 5) is 72.2. The van der Waals surface area contributed by atoms with Crippen molar-refractivity contribution in [3.05, 3.63) is 0 Å². The lowest BCUT2D eigenvalue weighted by molar-refractivity contribution is -0.137. The van der Waals surface area contributed by atoms with Crippen LogP contribution in [0.2, 0.25) is 0 Å². The second kappa shape index (κ2) is 34.3. The molecular formula is C60H120N8O5. The molecule has 0 aromatic carbocycles. The van der Waals surface area contributed by atoms with Crippen LogP contribution in [0.25, 0.3) is 0 Å². The Hall–Kier alpha value is -2.45. The molecule has 73 heavy (non-hydrogen) atoms. The van der Waals surface area contributed by atoms with Gasteiger partial charge in [0.2, 0.25) is 17.7 Å². The third-order valence-electron chi connectivity index (χ3n) is 13.2. The zero-order valence-electron chi connectivity index (χ0n) is 50.9. The van der Waals surface area contributed by atoms with E-state index in [4.69, 9.17) is 11.5 Å². The van der Waals surface area contributed by atoms with Gasteiger partial charge >= 0.3 is 0 Å². The first kappa shape index (κ1) is 70.5. The summed E-state index contributed by atoms with van der Waals surface area (Å²) in [6.07, 6.45) is 10.1. The average molecular weight is 1030 g/mol. The first-order valence-electron chi connectivity index (χ1n) is 28.9. The summed E-state index contributed by atoms with van der Waals surface area (Å²) >= 11 is 0. The number of ketones is 2. The predicted molar refractivity (Wildman–Crippen MR) is 308 cm³/mol. The van der Waals surface area contributed by atoms with Crippen molar-refractivity contribution in [3.63, 3.8) is 0 Å². The third kappa shape index (κ3) is 38.7. The number of amides is 3. The van der Waals surface area contributed by atoms with Crippen molar-refractivity contribution in [2.24, 2.45) is 73.5 Å². The van der Waals surface area contributed by atoms with Gasteiger partial charge in [0.05, 0.1) is 0 Å². The Kier molecular flexibility index (Phi) is 33.2. The molecular weight excluding hydrogens is 913 g/mol. The van der Waals surface area contributed by atoms with E-state index >= 15 is 0 Å². The lowest BCUT2D eigenvalue weighted by atomic mass is 9.73. The Morgan fingerprint density at radius 1 is 0.384 bits per heavy atom. The van der Waals surface area contributed by atoms with Crippen molar-refractivity contribution in [1.82, 2.24) is 31.5 Å². The van der Waals surface area contributed by atoms with Crippen molar-refractivity contribution in [2.75, 3.05) is 72.1 Å². The normalized spacial score (nSPS) is 14.3. The summed E-state index contributed by atoms with van der Waals surface area (Å²) in [6.45, 7) is 45.6. The number of carbonyl (C=O) groups is 5. The van der Waals surface area contributed by atoms with E-state index in [1.807, 2.05) is 4.90 Å². The fraction of sp³-hybridized carbons (Fsp3) is 0.917. The molecule has 9 N–H and O–H groups in total. The van der Waals surface area contributed by atoms with E-state index in [-0.39, 0.29) is 85.4 Å². The minimum Gasteiger partial charge on any atom is -0.356 e. The van der Waals surface area contributed by atoms with Crippen LogP contribution in [0.5, 0.6) is 0 Å². The van der Waals surface area contributed by atoms with Crippen molar-refractivity contribution in [3.8, 4) is 0 Å². The molecule has 430 valence electrons. The lowest BCUT2D eigenvalue weighted by Crippen LogP contribution is -2.45. The second-order valence-corrected chi connectivity index (χ2v) is 29.1. The maximum Gasteiger partial charge on any atom is 0.225 e. The number of carbonyl (C=O) groups excluding carboxylic acids is 5. The van der Waals surface area contributed by atoms with Crippen LogP contribution in [0.1, 0.15) is 221 Å². The molecule has 0 spiro atoms. The molecule has 0 heterocycles. The van der Waals surface area contributed by atoms with Crippen LogP contribution in [0.15, 0.2) is 0 Å². The van der Waals surface area contributed by atoms with Crippen molar-refractivity contribution >= 4 is 29.3 Å². The minimum atomic E-state index is -0.427. The smallest absolute Gasteiger partial charge is 0.225 e. The molecule has 0 rings (SSSR count). The van der Waals surface area contributed by atoms with Gasteiger partial charge < -0.3 is 43.0 Å². The van der Waals surface area contributed by atoms with Gasteiger partial charge in [0, 0.05) is 101 Å². The molecule has 3 atom stereocenters. The number of Topliss-reactive ketones (excluding diaryl/α,β-unsaturated/α-hetero) is 2. The summed E-state index contributed by atoms with van der Waals surface area (Å²) in [6, 6.07) is 0. The maximum atomic E-state index is 14.3. The number of hydrogen-bond donors (Lipinski definition) is 7. The molecule has 0 fully saturated rings. The summed E-state index contributed by atoms with van der Waals surface area (Å²) in [5.74, 6) is -0.633. The van der Waals surface area contributed by atoms with Crippen LogP contribution in [-0.2, 0) is 24.0 Å². The van der Waals surface area contributed by atoms with Crippen molar-refractivity contribution in [1.29, 1.82) is 0 Å². The molecule has 0 bridgehead atoms. The summed E-state index contributed by atoms with van der Waals surface area (Å²) in [5, 5.41) is 16.4. The topological polar surface area (TPSA) is 201 Å². The van der Waals surface area contributed by atoms with Crippen LogP contribution in [0, 0.1) is 62.1 Å². The molecule has 13 nitrogen and oxygen atoms in total. The van der Waals surface area contributed by atoms with Gasteiger partial charge in [-0.3, -0.25) is 24.0 Å². The Morgan fingerprint density at radius 2 is 0.740 bits per heavy atom. The summed E-state index contributed by atoms with van der Waals surface area (Å²) in [5.41, 5.74) is 11.3. The van der Waals surface area contributed by atoms with Gasteiger partial charge in [0.1, 0.15) is 11.6 Å². The van der Waals surface area contributed by atoms with Gasteiger partial charge in [0.25, 0.3) is 0 Å². The number of nitrogens with one attached hydrogen (secondary N) is 5. The SMILES string of the molecule is CC(C)(C)CC(CC(CC(CC(C)(C)C)C(=O)NCCCCCNC(=O)C(CC(C)(C)C)CC(C)(C)C)C(=O)CCCNCCN)C(=O)CCCNCCN(CCNCN)C(=O)C(CC(C)(C)C)CC(C)(C)C. The molecule has 3 unspecified atom stereocenters. The van der Waals surface area contributed by atoms with Gasteiger partial charge in [-0.05, 0) is 129 Å². The van der Waals surface area contributed by atoms with E-state index in [0.29, 0.717) is 123 Å². The van der Waals surface area contributed by atoms with E-state index in [1.165, 1.54) is 0 Å². The molecule has 0 aliphatic carbocycles. The highest BCUT2D eigenvalue weighted by Gasteiger charge is 2.36. The number of hydrogen-bond acceptors (Lipinski definition) is 10. The third-order valence-corrected chi connectivity index (χ3v) is 13.2. The highest BCUT2D eigenvalue weighted by Crippen LogP contribution is 2.37. The molecule has 0 aromatic heterocycles. The van der Waals surface area contributed by atoms with Crippen molar-refractivity contribution in [2.45, 2.75) is 221 Å². The van der Waals surface area contributed by atoms with Crippen LogP contribution >= 0.6 is 0 Å². The minimum absolute atomic E-state index is 0.0206. The molecule has 0 aliphatic rings. The zero-order chi connectivity index (χ0) is 56.3. The summed E-state index contributed by atoms with van der Waals surface area (Å²) < 4.78 is 0. The standard InChI is InChI=1S/C60H120N8O5/c1-55(2,3)38-46(51(70)25-23-28-64-32-34-68(35-33-65-44-62)54(73)49(42-59(13,14)15)43-60(16,17)18)36-45(50(69)24-22-27-63-31-26-61)37-47(39-56(4,5)6)52(71)66-29-20-19-21-30-67-53(72)48(40-57(7,8)9)41-58(10,11)12/h45-49,63-65H,19-44,61-62H2,1-18H3,(H,66,71)(H,67,72). The van der Waals surface area contributed by atoms with Gasteiger partial charge in [-0.1, -0.05) is 125 Å². The lowest BCUT2D eigenvalue weighted by Gasteiger charge is -2.34. The quantitative estimate of drug-likeness (QED) is 0.0231. The van der Waals surface area contributed by atoms with Gasteiger partial charge in [0.15, 0.2) is 0 Å². The summed E-state index contributed by atoms with van der Waals surface area (Å²) in [7, 11) is 0. The van der Waals surface area contributed by atoms with Gasteiger partial charge in [-0.25, -0.2) is 0 Å². The Balaban J connectivity index is 6.03. The van der Waals surface area contributed by atoms with E-state index < -0.39 is 5.92 Å². The monoisotopic (exact) mass is 1030 g/mol. The largest absolute Gasteiger partial charge is 0.356 e. The first-order chi connectivity index (χ1) is 33.5. The molecule has 13 heteroatoms. The highest BCUT2D eigenvalue weighted by molar-refractivity contribution is 5.85. The first-order valence-corrected chi connectivity index (χ1v) is 28.9. The van der Waals surface area contributed by atoms with E-state index in [0.717, 1.165) is 44.9 Å². The van der Waals surface area contributed by atoms with Gasteiger partial charge in [-0.2, -0.15) is 0 Å². The zero-order valence-corrected chi connectivity index (χ0v) is 50.9. The fourth-order valence-corrected chi connectivity index (χ4v) is 10.4. The van der Waals surface area contributed by atoms with E-state index in [1.54, 1.807) is 0 Å². The number of nitrogens with zero attached hydrogens (tertiary/aromatic N) is 1. The maximum absolute atomic E-state index is 14.3. The molecule has 0 aliphatic heterocycles. The van der Waals surface area contributed by atoms with Crippen LogP contribution in [-0.4, -0.2) is 106 Å². The van der Waals surface area contributed by atoms with Gasteiger partial charge in [-0.15, -0.1) is 0 Å². The Morgan fingerprint density at radius 3 is 1.16 bits per heavy atom. The molecule has 0 radical (unpaired) electrons.